The smallest absolute Gasteiger partial charge is 0.00698 e. The van der Waals surface area contributed by atoms with Gasteiger partial charge >= 0.3 is 0 Å². The molecule has 0 spiro atoms. The molecule has 2 aliphatic carbocycles. The van der Waals surface area contributed by atoms with E-state index in [-0.39, 0.29) is 0 Å². The van der Waals surface area contributed by atoms with Crippen LogP contribution in [0.4, 0.5) is 0 Å². The van der Waals surface area contributed by atoms with Gasteiger partial charge in [-0.3, -0.25) is 0 Å². The van der Waals surface area contributed by atoms with Crippen molar-refractivity contribution in [2.75, 3.05) is 0 Å². The minimum atomic E-state index is 0.521. The van der Waals surface area contributed by atoms with Crippen LogP contribution in [0.3, 0.4) is 0 Å². The van der Waals surface area contributed by atoms with E-state index in [0.717, 1.165) is 17.8 Å². The van der Waals surface area contributed by atoms with Crippen molar-refractivity contribution in [1.29, 1.82) is 0 Å². The third kappa shape index (κ3) is 3.23. The molecule has 2 aliphatic rings. The van der Waals surface area contributed by atoms with E-state index in [1.807, 2.05) is 0 Å². The topological polar surface area (TPSA) is 26.0 Å². The minimum absolute atomic E-state index is 0.521. The Hall–Kier alpha value is -0.0400. The van der Waals surface area contributed by atoms with Crippen LogP contribution in [0, 0.1) is 17.8 Å². The number of hydrogen-bond acceptors (Lipinski definition) is 1. The Balaban J connectivity index is 1.66. The standard InChI is InChI=1S/C15H29N/c1-2-4-12-7-9-14(10-8-12)15(16)11-13-5-3-6-13/h12-15H,2-11,16H2,1H3. The lowest BCUT2D eigenvalue weighted by atomic mass is 9.73. The lowest BCUT2D eigenvalue weighted by Crippen LogP contribution is -2.36. The Morgan fingerprint density at radius 2 is 1.69 bits per heavy atom. The van der Waals surface area contributed by atoms with E-state index in [2.05, 4.69) is 6.92 Å². The van der Waals surface area contributed by atoms with E-state index in [1.54, 1.807) is 0 Å². The molecule has 0 aliphatic heterocycles. The molecule has 0 heterocycles. The van der Waals surface area contributed by atoms with Crippen LogP contribution in [0.15, 0.2) is 0 Å². The SMILES string of the molecule is CCCC1CCC(C(N)CC2CCC2)CC1. The van der Waals surface area contributed by atoms with E-state index in [9.17, 15) is 0 Å². The van der Waals surface area contributed by atoms with E-state index >= 15 is 0 Å². The van der Waals surface area contributed by atoms with Crippen molar-refractivity contribution < 1.29 is 0 Å². The van der Waals surface area contributed by atoms with Gasteiger partial charge in [-0.25, -0.2) is 0 Å². The molecule has 16 heavy (non-hydrogen) atoms. The second-order valence-corrected chi connectivity index (χ2v) is 6.27. The summed E-state index contributed by atoms with van der Waals surface area (Å²) in [6.45, 7) is 2.31. The monoisotopic (exact) mass is 223 g/mol. The van der Waals surface area contributed by atoms with Crippen LogP contribution in [0.25, 0.3) is 0 Å². The van der Waals surface area contributed by atoms with Crippen molar-refractivity contribution in [3.05, 3.63) is 0 Å². The molecule has 1 unspecified atom stereocenters. The van der Waals surface area contributed by atoms with Crippen LogP contribution in [-0.4, -0.2) is 6.04 Å². The van der Waals surface area contributed by atoms with Crippen LogP contribution in [-0.2, 0) is 0 Å². The van der Waals surface area contributed by atoms with Crippen LogP contribution in [0.2, 0.25) is 0 Å². The Morgan fingerprint density at radius 1 is 1.00 bits per heavy atom. The zero-order valence-corrected chi connectivity index (χ0v) is 11.0. The van der Waals surface area contributed by atoms with Gasteiger partial charge < -0.3 is 5.73 Å². The molecule has 2 saturated carbocycles. The van der Waals surface area contributed by atoms with Gasteiger partial charge in [0.15, 0.2) is 0 Å². The highest BCUT2D eigenvalue weighted by molar-refractivity contribution is 4.83. The quantitative estimate of drug-likeness (QED) is 0.745. The highest BCUT2D eigenvalue weighted by atomic mass is 14.7. The van der Waals surface area contributed by atoms with Crippen LogP contribution < -0.4 is 5.73 Å². The van der Waals surface area contributed by atoms with Crippen molar-refractivity contribution in [1.82, 2.24) is 0 Å². The lowest BCUT2D eigenvalue weighted by molar-refractivity contribution is 0.191. The molecule has 0 aromatic heterocycles. The Kier molecular flexibility index (Phi) is 4.69. The van der Waals surface area contributed by atoms with Gasteiger partial charge in [0.2, 0.25) is 0 Å². The van der Waals surface area contributed by atoms with Crippen molar-refractivity contribution in [3.63, 3.8) is 0 Å². The molecule has 0 radical (unpaired) electrons. The summed E-state index contributed by atoms with van der Waals surface area (Å²) in [5.74, 6) is 2.87. The third-order valence-corrected chi connectivity index (χ3v) is 5.02. The first-order valence-electron chi connectivity index (χ1n) is 7.55. The number of hydrogen-bond donors (Lipinski definition) is 1. The molecule has 0 saturated heterocycles. The van der Waals surface area contributed by atoms with Gasteiger partial charge in [0.1, 0.15) is 0 Å². The van der Waals surface area contributed by atoms with E-state index < -0.39 is 0 Å². The summed E-state index contributed by atoms with van der Waals surface area (Å²) in [6.07, 6.45) is 14.3. The number of rotatable bonds is 5. The summed E-state index contributed by atoms with van der Waals surface area (Å²) in [5.41, 5.74) is 6.38. The molecular formula is C15H29N. The first-order valence-corrected chi connectivity index (χ1v) is 7.55. The molecule has 2 fully saturated rings. The largest absolute Gasteiger partial charge is 0.327 e. The van der Waals surface area contributed by atoms with Crippen LogP contribution in [0.5, 0.6) is 0 Å². The molecule has 0 aromatic rings. The summed E-state index contributed by atoms with van der Waals surface area (Å²) >= 11 is 0. The highest BCUT2D eigenvalue weighted by Crippen LogP contribution is 2.37. The van der Waals surface area contributed by atoms with Gasteiger partial charge in [0.25, 0.3) is 0 Å². The van der Waals surface area contributed by atoms with Crippen molar-refractivity contribution >= 4 is 0 Å². The molecular weight excluding hydrogens is 194 g/mol. The van der Waals surface area contributed by atoms with Crippen molar-refractivity contribution in [2.45, 2.75) is 77.2 Å². The van der Waals surface area contributed by atoms with Gasteiger partial charge in [-0.1, -0.05) is 51.9 Å². The second kappa shape index (κ2) is 6.05. The predicted molar refractivity (Wildman–Crippen MR) is 70.3 cm³/mol. The molecule has 1 atom stereocenters. The maximum Gasteiger partial charge on any atom is 0.00698 e. The Morgan fingerprint density at radius 3 is 2.19 bits per heavy atom. The Bertz CT molecular complexity index is 190. The summed E-state index contributed by atoms with van der Waals surface area (Å²) in [6, 6.07) is 0.521. The van der Waals surface area contributed by atoms with Gasteiger partial charge in [-0.05, 0) is 37.0 Å². The molecule has 1 heteroatoms. The van der Waals surface area contributed by atoms with Crippen LogP contribution >= 0.6 is 0 Å². The molecule has 94 valence electrons. The summed E-state index contributed by atoms with van der Waals surface area (Å²) in [4.78, 5) is 0. The molecule has 2 N–H and O–H groups in total. The molecule has 1 nitrogen and oxygen atoms in total. The van der Waals surface area contributed by atoms with E-state index in [1.165, 1.54) is 64.2 Å². The van der Waals surface area contributed by atoms with Gasteiger partial charge in [-0.15, -0.1) is 0 Å². The maximum absolute atomic E-state index is 6.38. The summed E-state index contributed by atoms with van der Waals surface area (Å²) < 4.78 is 0. The normalized spacial score (nSPS) is 33.4. The van der Waals surface area contributed by atoms with Gasteiger partial charge in [0.05, 0.1) is 0 Å². The minimum Gasteiger partial charge on any atom is -0.327 e. The molecule has 0 aromatic carbocycles. The fourth-order valence-electron chi connectivity index (χ4n) is 3.62. The first kappa shape index (κ1) is 12.4. The Labute approximate surface area is 101 Å². The fraction of sp³-hybridized carbons (Fsp3) is 1.00. The van der Waals surface area contributed by atoms with E-state index in [0.29, 0.717) is 6.04 Å². The summed E-state index contributed by atoms with van der Waals surface area (Å²) in [5, 5.41) is 0. The molecule has 0 bridgehead atoms. The fourth-order valence-corrected chi connectivity index (χ4v) is 3.62. The van der Waals surface area contributed by atoms with Crippen molar-refractivity contribution in [2.24, 2.45) is 23.5 Å². The summed E-state index contributed by atoms with van der Waals surface area (Å²) in [7, 11) is 0. The lowest BCUT2D eigenvalue weighted by Gasteiger charge is -2.35. The molecule has 2 rings (SSSR count). The highest BCUT2D eigenvalue weighted by Gasteiger charge is 2.28. The maximum atomic E-state index is 6.38. The number of nitrogens with two attached hydrogens (primary N) is 1. The van der Waals surface area contributed by atoms with Crippen molar-refractivity contribution in [3.8, 4) is 0 Å². The first-order chi connectivity index (χ1) is 7.79. The zero-order valence-electron chi connectivity index (χ0n) is 11.0. The van der Waals surface area contributed by atoms with Crippen LogP contribution in [0.1, 0.15) is 71.1 Å². The average molecular weight is 223 g/mol. The molecule has 0 amide bonds. The predicted octanol–water partition coefficient (Wildman–Crippen LogP) is 4.11. The zero-order chi connectivity index (χ0) is 11.4. The van der Waals surface area contributed by atoms with Gasteiger partial charge in [0, 0.05) is 6.04 Å². The third-order valence-electron chi connectivity index (χ3n) is 5.02. The second-order valence-electron chi connectivity index (χ2n) is 6.27. The average Bonchev–Trinajstić information content (AvgIpc) is 2.25. The van der Waals surface area contributed by atoms with Gasteiger partial charge in [-0.2, -0.15) is 0 Å². The van der Waals surface area contributed by atoms with E-state index in [4.69, 9.17) is 5.73 Å².